The smallest absolute Gasteiger partial charge is 0.165 e. The number of rotatable bonds is 7. The van der Waals surface area contributed by atoms with Crippen LogP contribution in [0.5, 0.6) is 11.5 Å². The molecule has 0 aliphatic carbocycles. The molecule has 5 heteroatoms. The van der Waals surface area contributed by atoms with Gasteiger partial charge in [-0.1, -0.05) is 6.92 Å². The first-order chi connectivity index (χ1) is 9.33. The van der Waals surface area contributed by atoms with E-state index in [9.17, 15) is 0 Å². The molecule has 0 amide bonds. The highest BCUT2D eigenvalue weighted by Gasteiger charge is 2.06. The van der Waals surface area contributed by atoms with Crippen molar-refractivity contribution < 1.29 is 4.74 Å². The summed E-state index contributed by atoms with van der Waals surface area (Å²) in [5, 5.41) is 7.56. The fourth-order valence-corrected chi connectivity index (χ4v) is 1.74. The van der Waals surface area contributed by atoms with Crippen molar-refractivity contribution >= 4 is 0 Å². The normalized spacial score (nSPS) is 10.6. The van der Waals surface area contributed by atoms with Gasteiger partial charge in [-0.2, -0.15) is 5.10 Å². The second-order valence-corrected chi connectivity index (χ2v) is 4.29. The van der Waals surface area contributed by atoms with E-state index in [-0.39, 0.29) is 0 Å². The number of hydrogen-bond acceptors (Lipinski definition) is 4. The third-order valence-electron chi connectivity index (χ3n) is 2.77. The molecule has 0 unspecified atom stereocenters. The number of pyridine rings is 1. The molecule has 0 saturated heterocycles. The van der Waals surface area contributed by atoms with Crippen LogP contribution in [0.25, 0.3) is 0 Å². The Kier molecular flexibility index (Phi) is 4.92. The molecule has 2 aromatic rings. The van der Waals surface area contributed by atoms with Crippen molar-refractivity contribution in [3.8, 4) is 11.5 Å². The van der Waals surface area contributed by atoms with Crippen molar-refractivity contribution in [2.45, 2.75) is 33.4 Å². The summed E-state index contributed by atoms with van der Waals surface area (Å²) in [5.41, 5.74) is 1.10. The summed E-state index contributed by atoms with van der Waals surface area (Å²) in [6, 6.07) is 1.97. The highest BCUT2D eigenvalue weighted by Crippen LogP contribution is 2.23. The number of hydrogen-bond donors (Lipinski definition) is 1. The predicted molar refractivity (Wildman–Crippen MR) is 74.2 cm³/mol. The molecule has 0 atom stereocenters. The summed E-state index contributed by atoms with van der Waals surface area (Å²) >= 11 is 0. The summed E-state index contributed by atoms with van der Waals surface area (Å²) in [4.78, 5) is 4.12. The number of aromatic nitrogens is 3. The summed E-state index contributed by atoms with van der Waals surface area (Å²) in [6.07, 6.45) is 8.25. The van der Waals surface area contributed by atoms with Gasteiger partial charge in [0.15, 0.2) is 5.75 Å². The van der Waals surface area contributed by atoms with Crippen LogP contribution in [0.15, 0.2) is 30.9 Å². The summed E-state index contributed by atoms with van der Waals surface area (Å²) in [5.74, 6) is 1.52. The van der Waals surface area contributed by atoms with Gasteiger partial charge in [0.2, 0.25) is 0 Å². The molecule has 19 heavy (non-hydrogen) atoms. The molecule has 0 aliphatic heterocycles. The minimum absolute atomic E-state index is 0.742. The topological polar surface area (TPSA) is 52.0 Å². The van der Waals surface area contributed by atoms with Gasteiger partial charge in [-0.15, -0.1) is 0 Å². The van der Waals surface area contributed by atoms with Crippen LogP contribution in [-0.4, -0.2) is 21.3 Å². The van der Waals surface area contributed by atoms with E-state index in [1.807, 2.05) is 23.9 Å². The van der Waals surface area contributed by atoms with Crippen LogP contribution in [0.2, 0.25) is 0 Å². The van der Waals surface area contributed by atoms with Crippen LogP contribution < -0.4 is 10.1 Å². The van der Waals surface area contributed by atoms with E-state index in [4.69, 9.17) is 4.74 Å². The highest BCUT2D eigenvalue weighted by molar-refractivity contribution is 5.33. The van der Waals surface area contributed by atoms with Crippen LogP contribution in [0, 0.1) is 0 Å². The first-order valence-electron chi connectivity index (χ1n) is 6.67. The Hall–Kier alpha value is -1.88. The zero-order valence-electron chi connectivity index (χ0n) is 11.5. The van der Waals surface area contributed by atoms with Gasteiger partial charge in [-0.05, 0) is 26.0 Å². The molecule has 0 spiro atoms. The zero-order chi connectivity index (χ0) is 13.5. The molecule has 0 aromatic carbocycles. The largest absolute Gasteiger partial charge is 0.452 e. The van der Waals surface area contributed by atoms with E-state index < -0.39 is 0 Å². The maximum Gasteiger partial charge on any atom is 0.165 e. The molecule has 0 radical (unpaired) electrons. The molecule has 0 bridgehead atoms. The van der Waals surface area contributed by atoms with Crippen molar-refractivity contribution in [3.05, 3.63) is 36.4 Å². The maximum atomic E-state index is 5.84. The van der Waals surface area contributed by atoms with Gasteiger partial charge in [0.25, 0.3) is 0 Å². The van der Waals surface area contributed by atoms with Gasteiger partial charge in [0.05, 0.1) is 18.6 Å². The monoisotopic (exact) mass is 260 g/mol. The van der Waals surface area contributed by atoms with Gasteiger partial charge in [0.1, 0.15) is 5.75 Å². The van der Waals surface area contributed by atoms with Crippen LogP contribution in [0.4, 0.5) is 0 Å². The molecule has 1 N–H and O–H groups in total. The molecule has 5 nitrogen and oxygen atoms in total. The standard InChI is InChI=1S/C14H20N4O/c1-3-6-15-8-12-5-7-16-10-14(12)19-13-9-17-18(4-2)11-13/h5,7,9-11,15H,3-4,6,8H2,1-2H3. The Morgan fingerprint density at radius 2 is 2.21 bits per heavy atom. The third kappa shape index (κ3) is 3.79. The summed E-state index contributed by atoms with van der Waals surface area (Å²) in [6.45, 7) is 6.81. The molecule has 0 aliphatic rings. The SMILES string of the molecule is CCCNCc1ccncc1Oc1cnn(CC)c1. The van der Waals surface area contributed by atoms with Crippen molar-refractivity contribution in [2.24, 2.45) is 0 Å². The van der Waals surface area contributed by atoms with Gasteiger partial charge in [-0.3, -0.25) is 9.67 Å². The lowest BCUT2D eigenvalue weighted by Crippen LogP contribution is -2.14. The second kappa shape index (κ2) is 6.89. The first kappa shape index (κ1) is 13.5. The van der Waals surface area contributed by atoms with Crippen LogP contribution in [0.3, 0.4) is 0 Å². The molecule has 0 fully saturated rings. The number of aryl methyl sites for hydroxylation is 1. The van der Waals surface area contributed by atoms with Gasteiger partial charge in [0, 0.05) is 24.8 Å². The average molecular weight is 260 g/mol. The molecule has 2 rings (SSSR count). The third-order valence-corrected chi connectivity index (χ3v) is 2.77. The molecular formula is C14H20N4O. The number of ether oxygens (including phenoxy) is 1. The summed E-state index contributed by atoms with van der Waals surface area (Å²) < 4.78 is 7.67. The Morgan fingerprint density at radius 3 is 2.95 bits per heavy atom. The average Bonchev–Trinajstić information content (AvgIpc) is 2.89. The Balaban J connectivity index is 2.06. The maximum absolute atomic E-state index is 5.84. The Morgan fingerprint density at radius 1 is 1.32 bits per heavy atom. The Bertz CT molecular complexity index is 510. The predicted octanol–water partition coefficient (Wildman–Crippen LogP) is 2.59. The van der Waals surface area contributed by atoms with Crippen molar-refractivity contribution in [1.82, 2.24) is 20.1 Å². The fraction of sp³-hybridized carbons (Fsp3) is 0.429. The second-order valence-electron chi connectivity index (χ2n) is 4.29. The van der Waals surface area contributed by atoms with Crippen LogP contribution >= 0.6 is 0 Å². The lowest BCUT2D eigenvalue weighted by Gasteiger charge is -2.09. The molecule has 2 aromatic heterocycles. The lowest BCUT2D eigenvalue weighted by atomic mass is 10.2. The molecule has 2 heterocycles. The summed E-state index contributed by atoms with van der Waals surface area (Å²) in [7, 11) is 0. The van der Waals surface area contributed by atoms with E-state index >= 15 is 0 Å². The number of nitrogens with zero attached hydrogens (tertiary/aromatic N) is 3. The quantitative estimate of drug-likeness (QED) is 0.777. The number of nitrogens with one attached hydrogen (secondary N) is 1. The highest BCUT2D eigenvalue weighted by atomic mass is 16.5. The van der Waals surface area contributed by atoms with E-state index in [0.29, 0.717) is 0 Å². The van der Waals surface area contributed by atoms with Gasteiger partial charge in [-0.25, -0.2) is 0 Å². The minimum Gasteiger partial charge on any atom is -0.452 e. The van der Waals surface area contributed by atoms with Crippen molar-refractivity contribution in [1.29, 1.82) is 0 Å². The van der Waals surface area contributed by atoms with E-state index in [0.717, 1.165) is 43.1 Å². The van der Waals surface area contributed by atoms with Gasteiger partial charge < -0.3 is 10.1 Å². The minimum atomic E-state index is 0.742. The molecule has 0 saturated carbocycles. The van der Waals surface area contributed by atoms with Crippen LogP contribution in [0.1, 0.15) is 25.8 Å². The first-order valence-corrected chi connectivity index (χ1v) is 6.67. The zero-order valence-corrected chi connectivity index (χ0v) is 11.5. The van der Waals surface area contributed by atoms with Gasteiger partial charge >= 0.3 is 0 Å². The van der Waals surface area contributed by atoms with Crippen molar-refractivity contribution in [3.63, 3.8) is 0 Å². The lowest BCUT2D eigenvalue weighted by molar-refractivity contribution is 0.469. The Labute approximate surface area is 113 Å². The van der Waals surface area contributed by atoms with E-state index in [1.54, 1.807) is 18.6 Å². The van der Waals surface area contributed by atoms with E-state index in [2.05, 4.69) is 22.3 Å². The molecule has 102 valence electrons. The molecular weight excluding hydrogens is 240 g/mol. The van der Waals surface area contributed by atoms with E-state index in [1.165, 1.54) is 0 Å². The fourth-order valence-electron chi connectivity index (χ4n) is 1.74. The van der Waals surface area contributed by atoms with Crippen molar-refractivity contribution in [2.75, 3.05) is 6.54 Å². The van der Waals surface area contributed by atoms with Crippen LogP contribution in [-0.2, 0) is 13.1 Å².